The lowest BCUT2D eigenvalue weighted by molar-refractivity contribution is 0.00926. The molecular weight excluding hydrogens is 376 g/mol. The van der Waals surface area contributed by atoms with Gasteiger partial charge in [-0.3, -0.25) is 0 Å². The second-order valence-corrected chi connectivity index (χ2v) is 8.73. The number of nitrogens with zero attached hydrogens (tertiary/aromatic N) is 3. The van der Waals surface area contributed by atoms with Crippen LogP contribution in [0.5, 0.6) is 0 Å². The second kappa shape index (κ2) is 8.33. The Kier molecular flexibility index (Phi) is 5.60. The van der Waals surface area contributed by atoms with Crippen LogP contribution in [0.25, 0.3) is 10.9 Å². The third kappa shape index (κ3) is 4.24. The number of aromatic amines is 1. The van der Waals surface area contributed by atoms with Crippen molar-refractivity contribution in [3.8, 4) is 6.07 Å². The first kappa shape index (κ1) is 20.2. The molecular formula is C23H30N6O. The fourth-order valence-corrected chi connectivity index (χ4v) is 4.27. The summed E-state index contributed by atoms with van der Waals surface area (Å²) in [7, 11) is 0. The van der Waals surface area contributed by atoms with Crippen LogP contribution in [-0.4, -0.2) is 38.7 Å². The molecule has 0 bridgehead atoms. The van der Waals surface area contributed by atoms with Gasteiger partial charge in [0.1, 0.15) is 17.5 Å². The summed E-state index contributed by atoms with van der Waals surface area (Å²) in [6, 6.07) is 10.7. The third-order valence-corrected chi connectivity index (χ3v) is 6.06. The van der Waals surface area contributed by atoms with Crippen LogP contribution < -0.4 is 10.6 Å². The summed E-state index contributed by atoms with van der Waals surface area (Å²) in [6.45, 7) is 4.84. The molecule has 0 unspecified atom stereocenters. The third-order valence-electron chi connectivity index (χ3n) is 6.06. The van der Waals surface area contributed by atoms with Crippen LogP contribution in [0.2, 0.25) is 0 Å². The number of aliphatic hydroxyl groups is 1. The number of nitrogens with one attached hydrogen (secondary N) is 3. The minimum atomic E-state index is -0.294. The minimum absolute atomic E-state index is 0. The summed E-state index contributed by atoms with van der Waals surface area (Å²) in [6.07, 6.45) is 6.47. The molecule has 0 spiro atoms. The van der Waals surface area contributed by atoms with E-state index in [0.717, 1.165) is 31.2 Å². The average molecular weight is 407 g/mol. The lowest BCUT2D eigenvalue weighted by atomic mass is 9.73. The van der Waals surface area contributed by atoms with E-state index in [9.17, 15) is 10.4 Å². The predicted octanol–water partition coefficient (Wildman–Crippen LogP) is 4.08. The van der Waals surface area contributed by atoms with Gasteiger partial charge in [-0.05, 0) is 48.1 Å². The van der Waals surface area contributed by atoms with E-state index in [0.29, 0.717) is 23.9 Å². The van der Waals surface area contributed by atoms with E-state index in [4.69, 9.17) is 0 Å². The zero-order chi connectivity index (χ0) is 21.1. The quantitative estimate of drug-likeness (QED) is 0.491. The van der Waals surface area contributed by atoms with Gasteiger partial charge in [0, 0.05) is 25.7 Å². The molecule has 4 N–H and O–H groups in total. The van der Waals surface area contributed by atoms with Crippen LogP contribution in [0.4, 0.5) is 11.8 Å². The normalized spacial score (nSPS) is 20.6. The van der Waals surface area contributed by atoms with E-state index in [-0.39, 0.29) is 19.0 Å². The minimum Gasteiger partial charge on any atom is -0.393 e. The molecule has 0 saturated heterocycles. The highest BCUT2D eigenvalue weighted by atomic mass is 16.3. The summed E-state index contributed by atoms with van der Waals surface area (Å²) in [5.74, 6) is 1.06. The van der Waals surface area contributed by atoms with Crippen molar-refractivity contribution in [2.24, 2.45) is 5.41 Å². The highest BCUT2D eigenvalue weighted by Crippen LogP contribution is 2.37. The fraction of sp³-hybridized carbons (Fsp3) is 0.435. The molecule has 1 aromatic carbocycles. The van der Waals surface area contributed by atoms with Gasteiger partial charge in [0.05, 0.1) is 12.3 Å². The van der Waals surface area contributed by atoms with E-state index in [1.165, 1.54) is 10.9 Å². The SMILES string of the molecule is CC1(C)C[C@H](Nc2nc(NCCc3cccc4cc[nH]c34)ncc2C#N)CC[C@@H]1O.[HH]. The lowest BCUT2D eigenvalue weighted by Gasteiger charge is -2.40. The molecule has 7 nitrogen and oxygen atoms in total. The number of hydrogen-bond acceptors (Lipinski definition) is 6. The standard InChI is InChI=1S/C23H28N6O.H2/c1-23(2)12-18(6-7-19(23)30)28-21-17(13-24)14-27-22(29-21)26-11-9-16-5-3-4-15-8-10-25-20(15)16;/h3-5,8,10,14,18-19,25,30H,6-7,9,11-12H2,1-2H3,(H2,26,27,28,29);1H/t18-,19+;/m1./s1. The Balaban J connectivity index is 0.00000272. The van der Waals surface area contributed by atoms with Gasteiger partial charge in [-0.2, -0.15) is 10.2 Å². The average Bonchev–Trinajstić information content (AvgIpc) is 3.21. The van der Waals surface area contributed by atoms with Gasteiger partial charge in [0.25, 0.3) is 0 Å². The van der Waals surface area contributed by atoms with Crippen molar-refractivity contribution >= 4 is 22.7 Å². The molecule has 1 fully saturated rings. The van der Waals surface area contributed by atoms with Gasteiger partial charge in [-0.25, -0.2) is 4.98 Å². The van der Waals surface area contributed by atoms with E-state index in [1.807, 2.05) is 6.20 Å². The Morgan fingerprint density at radius 2 is 2.20 bits per heavy atom. The molecule has 0 amide bonds. The zero-order valence-electron chi connectivity index (χ0n) is 17.4. The number of fused-ring (bicyclic) bond motifs is 1. The lowest BCUT2D eigenvalue weighted by Crippen LogP contribution is -2.41. The highest BCUT2D eigenvalue weighted by molar-refractivity contribution is 5.82. The van der Waals surface area contributed by atoms with Gasteiger partial charge in [0.2, 0.25) is 5.95 Å². The molecule has 0 aliphatic heterocycles. The molecule has 2 atom stereocenters. The van der Waals surface area contributed by atoms with Crippen LogP contribution >= 0.6 is 0 Å². The first-order valence-corrected chi connectivity index (χ1v) is 10.5. The Morgan fingerprint density at radius 1 is 1.33 bits per heavy atom. The number of para-hydroxylation sites is 1. The number of hydrogen-bond donors (Lipinski definition) is 4. The Bertz CT molecular complexity index is 1070. The Labute approximate surface area is 178 Å². The monoisotopic (exact) mass is 406 g/mol. The van der Waals surface area contributed by atoms with Crippen LogP contribution in [0.1, 0.15) is 45.7 Å². The molecule has 3 aromatic rings. The van der Waals surface area contributed by atoms with Crippen molar-refractivity contribution in [2.75, 3.05) is 17.2 Å². The number of aliphatic hydroxyl groups excluding tert-OH is 1. The van der Waals surface area contributed by atoms with E-state index >= 15 is 0 Å². The zero-order valence-corrected chi connectivity index (χ0v) is 17.4. The van der Waals surface area contributed by atoms with Crippen LogP contribution in [0.3, 0.4) is 0 Å². The maximum atomic E-state index is 10.2. The van der Waals surface area contributed by atoms with Crippen molar-refractivity contribution in [3.63, 3.8) is 0 Å². The molecule has 158 valence electrons. The van der Waals surface area contributed by atoms with Crippen molar-refractivity contribution in [3.05, 3.63) is 47.8 Å². The second-order valence-electron chi connectivity index (χ2n) is 8.73. The van der Waals surface area contributed by atoms with Gasteiger partial charge in [0.15, 0.2) is 0 Å². The van der Waals surface area contributed by atoms with Crippen molar-refractivity contribution in [1.29, 1.82) is 5.26 Å². The van der Waals surface area contributed by atoms with Crippen molar-refractivity contribution in [2.45, 2.75) is 51.7 Å². The number of anilines is 2. The Hall–Kier alpha value is -3.11. The molecule has 1 saturated carbocycles. The first-order valence-electron chi connectivity index (χ1n) is 10.5. The molecule has 0 radical (unpaired) electrons. The number of benzene rings is 1. The van der Waals surface area contributed by atoms with Crippen LogP contribution in [-0.2, 0) is 6.42 Å². The van der Waals surface area contributed by atoms with Gasteiger partial charge < -0.3 is 20.7 Å². The summed E-state index contributed by atoms with van der Waals surface area (Å²) < 4.78 is 0. The van der Waals surface area contributed by atoms with Gasteiger partial charge in [-0.1, -0.05) is 32.0 Å². The molecule has 1 aliphatic carbocycles. The smallest absolute Gasteiger partial charge is 0.224 e. The maximum Gasteiger partial charge on any atom is 0.224 e. The predicted molar refractivity (Wildman–Crippen MR) is 120 cm³/mol. The molecule has 1 aliphatic rings. The van der Waals surface area contributed by atoms with Gasteiger partial charge >= 0.3 is 0 Å². The van der Waals surface area contributed by atoms with Crippen LogP contribution in [0.15, 0.2) is 36.7 Å². The number of aromatic nitrogens is 3. The Morgan fingerprint density at radius 3 is 3.00 bits per heavy atom. The molecule has 30 heavy (non-hydrogen) atoms. The topological polar surface area (TPSA) is 110 Å². The summed E-state index contributed by atoms with van der Waals surface area (Å²) in [5.41, 5.74) is 2.67. The number of nitriles is 1. The van der Waals surface area contributed by atoms with Gasteiger partial charge in [-0.15, -0.1) is 0 Å². The number of rotatable bonds is 6. The highest BCUT2D eigenvalue weighted by Gasteiger charge is 2.35. The fourth-order valence-electron chi connectivity index (χ4n) is 4.27. The van der Waals surface area contributed by atoms with E-state index in [2.05, 4.69) is 69.8 Å². The largest absolute Gasteiger partial charge is 0.393 e. The first-order chi connectivity index (χ1) is 14.5. The molecule has 2 aromatic heterocycles. The van der Waals surface area contributed by atoms with E-state index in [1.54, 1.807) is 6.20 Å². The molecule has 4 rings (SSSR count). The van der Waals surface area contributed by atoms with Crippen LogP contribution in [0, 0.1) is 16.7 Å². The van der Waals surface area contributed by atoms with E-state index < -0.39 is 0 Å². The summed E-state index contributed by atoms with van der Waals surface area (Å²) >= 11 is 0. The summed E-state index contributed by atoms with van der Waals surface area (Å²) in [4.78, 5) is 12.1. The molecule has 7 heteroatoms. The number of H-pyrrole nitrogens is 1. The van der Waals surface area contributed by atoms with Crippen molar-refractivity contribution < 1.29 is 6.53 Å². The van der Waals surface area contributed by atoms with Crippen molar-refractivity contribution in [1.82, 2.24) is 15.0 Å². The summed E-state index contributed by atoms with van der Waals surface area (Å²) in [5, 5.41) is 27.5. The maximum absolute atomic E-state index is 10.2. The molecule has 2 heterocycles.